The Morgan fingerprint density at radius 3 is 2.58 bits per heavy atom. The summed E-state index contributed by atoms with van der Waals surface area (Å²) in [6, 6.07) is 0.308. The molecule has 0 spiro atoms. The molecule has 0 radical (unpaired) electrons. The maximum atomic E-state index is 13.7. The van der Waals surface area contributed by atoms with Crippen molar-refractivity contribution in [2.24, 2.45) is 5.92 Å². The number of nitrogens with zero attached hydrogens (tertiary/aromatic N) is 2. The van der Waals surface area contributed by atoms with E-state index in [1.54, 1.807) is 0 Å². The van der Waals surface area contributed by atoms with Crippen LogP contribution in [-0.2, 0) is 4.79 Å². The third-order valence-corrected chi connectivity index (χ3v) is 8.41. The molecule has 4 aliphatic rings. The zero-order chi connectivity index (χ0) is 27.0. The van der Waals surface area contributed by atoms with Gasteiger partial charge in [-0.2, -0.15) is 0 Å². The molecular weight excluding hydrogens is 474 g/mol. The Kier molecular flexibility index (Phi) is 7.68. The van der Waals surface area contributed by atoms with Gasteiger partial charge in [0, 0.05) is 84.0 Å². The number of allylic oxidation sites excluding steroid dienone is 7. The lowest BCUT2D eigenvalue weighted by Crippen LogP contribution is -2.43. The molecule has 5 rings (SSSR count). The maximum absolute atomic E-state index is 13.7. The molecule has 4 N–H and O–H groups in total. The van der Waals surface area contributed by atoms with Crippen LogP contribution in [-0.4, -0.2) is 59.4 Å². The first-order valence-electron chi connectivity index (χ1n) is 14.1. The SMILES string of the molecule is CC1=CC(C)=C(CNC(=O)C2=c3c(C)cn(C(C)C)c3=CC(C3=CC=C(N4CCNCC4)CC3)C2)C(O)N1. The van der Waals surface area contributed by atoms with E-state index >= 15 is 0 Å². The zero-order valence-corrected chi connectivity index (χ0v) is 23.5. The standard InChI is InChI=1S/C31H43N5O2/c1-19(2)36-18-21(4)29-26(30(37)33-17-27-20(3)14-22(5)34-31(27)38)15-24(16-28(29)36)23-6-8-25(9-7-23)35-12-10-32-11-13-35/h6,8,14,16,18-19,24,31-32,34,38H,7,9-13,15,17H2,1-5H3,(H,33,37). The van der Waals surface area contributed by atoms with Crippen LogP contribution in [0.15, 0.2) is 52.5 Å². The molecule has 2 atom stereocenters. The van der Waals surface area contributed by atoms with E-state index in [2.05, 4.69) is 70.6 Å². The molecule has 1 fully saturated rings. The highest BCUT2D eigenvalue weighted by atomic mass is 16.3. The molecule has 2 unspecified atom stereocenters. The quantitative estimate of drug-likeness (QED) is 0.465. The van der Waals surface area contributed by atoms with Crippen LogP contribution in [0.25, 0.3) is 11.6 Å². The summed E-state index contributed by atoms with van der Waals surface area (Å²) < 4.78 is 2.31. The summed E-state index contributed by atoms with van der Waals surface area (Å²) in [4.78, 5) is 16.3. The number of hydrogen-bond donors (Lipinski definition) is 4. The minimum atomic E-state index is -0.777. The van der Waals surface area contributed by atoms with E-state index in [1.165, 1.54) is 11.3 Å². The third-order valence-electron chi connectivity index (χ3n) is 8.41. The van der Waals surface area contributed by atoms with E-state index in [0.717, 1.165) is 77.6 Å². The number of aryl methyl sites for hydroxylation is 1. The average Bonchev–Trinajstić information content (AvgIpc) is 3.24. The van der Waals surface area contributed by atoms with E-state index in [9.17, 15) is 9.90 Å². The number of nitrogens with one attached hydrogen (secondary N) is 3. The molecule has 1 aromatic heterocycles. The Morgan fingerprint density at radius 2 is 1.92 bits per heavy atom. The lowest BCUT2D eigenvalue weighted by Gasteiger charge is -2.34. The van der Waals surface area contributed by atoms with Crippen molar-refractivity contribution >= 4 is 17.6 Å². The Hall–Kier alpha value is -3.03. The van der Waals surface area contributed by atoms with Gasteiger partial charge >= 0.3 is 0 Å². The van der Waals surface area contributed by atoms with E-state index in [0.29, 0.717) is 19.0 Å². The van der Waals surface area contributed by atoms with Crippen molar-refractivity contribution < 1.29 is 9.90 Å². The molecule has 204 valence electrons. The summed E-state index contributed by atoms with van der Waals surface area (Å²) in [7, 11) is 0. The van der Waals surface area contributed by atoms with Gasteiger partial charge in [0.05, 0.1) is 0 Å². The molecule has 1 amide bonds. The second-order valence-corrected chi connectivity index (χ2v) is 11.4. The van der Waals surface area contributed by atoms with E-state index in [-0.39, 0.29) is 11.8 Å². The van der Waals surface area contributed by atoms with E-state index in [1.807, 2.05) is 19.9 Å². The van der Waals surface area contributed by atoms with Crippen molar-refractivity contribution in [2.75, 3.05) is 32.7 Å². The monoisotopic (exact) mass is 517 g/mol. The number of dihydropyridines is 1. The number of hydrogen-bond acceptors (Lipinski definition) is 5. The van der Waals surface area contributed by atoms with Crippen LogP contribution in [0.2, 0.25) is 0 Å². The van der Waals surface area contributed by atoms with Gasteiger partial charge in [-0.05, 0) is 77.2 Å². The third kappa shape index (κ3) is 5.27. The summed E-state index contributed by atoms with van der Waals surface area (Å²) in [6.45, 7) is 15.0. The Bertz CT molecular complexity index is 1350. The van der Waals surface area contributed by atoms with Crippen molar-refractivity contribution in [3.05, 3.63) is 68.7 Å². The summed E-state index contributed by atoms with van der Waals surface area (Å²) >= 11 is 0. The van der Waals surface area contributed by atoms with Crippen molar-refractivity contribution in [1.29, 1.82) is 0 Å². The second-order valence-electron chi connectivity index (χ2n) is 11.4. The van der Waals surface area contributed by atoms with Crippen LogP contribution in [0.5, 0.6) is 0 Å². The smallest absolute Gasteiger partial charge is 0.248 e. The Balaban J connectivity index is 1.45. The number of fused-ring (bicyclic) bond motifs is 1. The Morgan fingerprint density at radius 1 is 1.16 bits per heavy atom. The largest absolute Gasteiger partial charge is 0.372 e. The fourth-order valence-electron chi connectivity index (χ4n) is 6.34. The molecule has 7 heteroatoms. The minimum Gasteiger partial charge on any atom is -0.372 e. The molecule has 0 aromatic carbocycles. The summed E-state index contributed by atoms with van der Waals surface area (Å²) in [5.41, 5.74) is 7.56. The predicted octanol–water partition coefficient (Wildman–Crippen LogP) is 2.10. The van der Waals surface area contributed by atoms with E-state index < -0.39 is 6.23 Å². The number of aliphatic hydroxyl groups is 1. The van der Waals surface area contributed by atoms with Gasteiger partial charge in [0.15, 0.2) is 0 Å². The highest BCUT2D eigenvalue weighted by Gasteiger charge is 2.27. The summed E-state index contributed by atoms with van der Waals surface area (Å²) in [5, 5.41) is 22.4. The number of aromatic nitrogens is 1. The maximum Gasteiger partial charge on any atom is 0.248 e. The number of rotatable bonds is 6. The van der Waals surface area contributed by atoms with Crippen molar-refractivity contribution in [3.8, 4) is 0 Å². The van der Waals surface area contributed by atoms with E-state index in [4.69, 9.17) is 0 Å². The van der Waals surface area contributed by atoms with Crippen molar-refractivity contribution in [1.82, 2.24) is 25.4 Å². The molecule has 1 aromatic rings. The predicted molar refractivity (Wildman–Crippen MR) is 153 cm³/mol. The fourth-order valence-corrected chi connectivity index (χ4v) is 6.34. The van der Waals surface area contributed by atoms with Crippen LogP contribution in [0, 0.1) is 12.8 Å². The average molecular weight is 518 g/mol. The molecule has 2 aliphatic carbocycles. The fraction of sp³-hybridized carbons (Fsp3) is 0.516. The first-order valence-corrected chi connectivity index (χ1v) is 14.1. The van der Waals surface area contributed by atoms with Crippen LogP contribution in [0.3, 0.4) is 0 Å². The van der Waals surface area contributed by atoms with Gasteiger partial charge in [-0.15, -0.1) is 0 Å². The topological polar surface area (TPSA) is 81.6 Å². The molecule has 1 saturated heterocycles. The molecular formula is C31H43N5O2. The lowest BCUT2D eigenvalue weighted by atomic mass is 9.82. The molecule has 7 nitrogen and oxygen atoms in total. The number of amides is 1. The summed E-state index contributed by atoms with van der Waals surface area (Å²) in [6.07, 6.45) is 13.2. The number of carbonyl (C=O) groups excluding carboxylic acids is 1. The summed E-state index contributed by atoms with van der Waals surface area (Å²) in [5.74, 6) is 0.158. The lowest BCUT2D eigenvalue weighted by molar-refractivity contribution is -0.115. The normalized spacial score (nSPS) is 23.8. The molecule has 38 heavy (non-hydrogen) atoms. The van der Waals surface area contributed by atoms with Crippen molar-refractivity contribution in [2.45, 2.75) is 66.2 Å². The first-order chi connectivity index (χ1) is 18.2. The van der Waals surface area contributed by atoms with Gasteiger partial charge in [0.1, 0.15) is 6.23 Å². The van der Waals surface area contributed by atoms with Crippen LogP contribution in [0.1, 0.15) is 58.6 Å². The minimum absolute atomic E-state index is 0.0406. The van der Waals surface area contributed by atoms with Gasteiger partial charge < -0.3 is 30.5 Å². The highest BCUT2D eigenvalue weighted by molar-refractivity contribution is 6.14. The van der Waals surface area contributed by atoms with Gasteiger partial charge in [0.2, 0.25) is 5.91 Å². The van der Waals surface area contributed by atoms with Gasteiger partial charge in [-0.25, -0.2) is 0 Å². The van der Waals surface area contributed by atoms with Gasteiger partial charge in [-0.1, -0.05) is 17.7 Å². The van der Waals surface area contributed by atoms with Crippen molar-refractivity contribution in [3.63, 3.8) is 0 Å². The number of aliphatic hydroxyl groups excluding tert-OH is 1. The molecule has 0 saturated carbocycles. The zero-order valence-electron chi connectivity index (χ0n) is 23.5. The van der Waals surface area contributed by atoms with Crippen LogP contribution < -0.4 is 26.5 Å². The van der Waals surface area contributed by atoms with Gasteiger partial charge in [0.25, 0.3) is 0 Å². The van der Waals surface area contributed by atoms with Crippen LogP contribution >= 0.6 is 0 Å². The highest BCUT2D eigenvalue weighted by Crippen LogP contribution is 2.32. The molecule has 3 heterocycles. The molecule has 2 aliphatic heterocycles. The first kappa shape index (κ1) is 26.6. The second kappa shape index (κ2) is 11.0. The number of piperazine rings is 1. The van der Waals surface area contributed by atoms with Gasteiger partial charge in [-0.3, -0.25) is 4.79 Å². The molecule has 0 bridgehead atoms. The van der Waals surface area contributed by atoms with Crippen LogP contribution in [0.4, 0.5) is 0 Å². The Labute approximate surface area is 226 Å². The number of carbonyl (C=O) groups is 1.